The molecule has 0 aliphatic heterocycles. The SMILES string of the molecule is CCCCC/C=C/CC(C)CCCCCCCCC(=O)O. The zero-order valence-corrected chi connectivity index (χ0v) is 14.3. The van der Waals surface area contributed by atoms with Crippen molar-refractivity contribution in [1.29, 1.82) is 0 Å². The van der Waals surface area contributed by atoms with Gasteiger partial charge in [-0.3, -0.25) is 4.79 Å². The van der Waals surface area contributed by atoms with Crippen molar-refractivity contribution in [3.05, 3.63) is 12.2 Å². The molecule has 0 saturated heterocycles. The third kappa shape index (κ3) is 17.2. The van der Waals surface area contributed by atoms with Crippen LogP contribution in [-0.4, -0.2) is 11.1 Å². The minimum absolute atomic E-state index is 0.335. The van der Waals surface area contributed by atoms with Gasteiger partial charge in [-0.05, 0) is 31.6 Å². The monoisotopic (exact) mass is 296 g/mol. The van der Waals surface area contributed by atoms with Crippen LogP contribution in [0.15, 0.2) is 12.2 Å². The molecular weight excluding hydrogens is 260 g/mol. The highest BCUT2D eigenvalue weighted by atomic mass is 16.4. The van der Waals surface area contributed by atoms with Gasteiger partial charge in [-0.25, -0.2) is 0 Å². The maximum absolute atomic E-state index is 10.4. The van der Waals surface area contributed by atoms with E-state index in [0.717, 1.165) is 18.8 Å². The van der Waals surface area contributed by atoms with E-state index >= 15 is 0 Å². The van der Waals surface area contributed by atoms with Crippen molar-refractivity contribution in [2.75, 3.05) is 0 Å². The molecule has 0 bridgehead atoms. The molecule has 0 rings (SSSR count). The van der Waals surface area contributed by atoms with Crippen LogP contribution in [0.5, 0.6) is 0 Å². The Morgan fingerprint density at radius 3 is 2.29 bits per heavy atom. The van der Waals surface area contributed by atoms with E-state index in [2.05, 4.69) is 26.0 Å². The Hall–Kier alpha value is -0.790. The minimum Gasteiger partial charge on any atom is -0.481 e. The van der Waals surface area contributed by atoms with Gasteiger partial charge in [0.15, 0.2) is 0 Å². The van der Waals surface area contributed by atoms with Crippen LogP contribution in [0.4, 0.5) is 0 Å². The fourth-order valence-electron chi connectivity index (χ4n) is 2.55. The van der Waals surface area contributed by atoms with Crippen molar-refractivity contribution in [3.8, 4) is 0 Å². The van der Waals surface area contributed by atoms with E-state index in [4.69, 9.17) is 5.11 Å². The number of aliphatic carboxylic acids is 1. The molecule has 0 aliphatic rings. The largest absolute Gasteiger partial charge is 0.481 e. The van der Waals surface area contributed by atoms with Crippen LogP contribution in [0.2, 0.25) is 0 Å². The first-order valence-electron chi connectivity index (χ1n) is 9.03. The second kappa shape index (κ2) is 15.6. The van der Waals surface area contributed by atoms with Gasteiger partial charge in [0, 0.05) is 6.42 Å². The van der Waals surface area contributed by atoms with Crippen LogP contribution in [0.25, 0.3) is 0 Å². The minimum atomic E-state index is -0.661. The summed E-state index contributed by atoms with van der Waals surface area (Å²) in [6.07, 6.45) is 19.9. The summed E-state index contributed by atoms with van der Waals surface area (Å²) < 4.78 is 0. The molecular formula is C19H36O2. The van der Waals surface area contributed by atoms with Gasteiger partial charge in [0.1, 0.15) is 0 Å². The van der Waals surface area contributed by atoms with E-state index in [9.17, 15) is 4.79 Å². The molecule has 0 heterocycles. The predicted molar refractivity (Wildman–Crippen MR) is 91.6 cm³/mol. The Labute approximate surface area is 132 Å². The van der Waals surface area contributed by atoms with Gasteiger partial charge in [-0.1, -0.05) is 77.4 Å². The molecule has 0 radical (unpaired) electrons. The van der Waals surface area contributed by atoms with Gasteiger partial charge in [-0.2, -0.15) is 0 Å². The summed E-state index contributed by atoms with van der Waals surface area (Å²) in [7, 11) is 0. The van der Waals surface area contributed by atoms with Crippen molar-refractivity contribution in [1.82, 2.24) is 0 Å². The van der Waals surface area contributed by atoms with Gasteiger partial charge >= 0.3 is 5.97 Å². The van der Waals surface area contributed by atoms with Crippen molar-refractivity contribution in [3.63, 3.8) is 0 Å². The number of allylic oxidation sites excluding steroid dienone is 2. The average Bonchev–Trinajstić information content (AvgIpc) is 2.45. The average molecular weight is 296 g/mol. The van der Waals surface area contributed by atoms with E-state index in [1.807, 2.05) is 0 Å². The third-order valence-electron chi connectivity index (χ3n) is 4.02. The molecule has 0 spiro atoms. The highest BCUT2D eigenvalue weighted by molar-refractivity contribution is 5.66. The number of carboxylic acids is 1. The molecule has 0 aromatic heterocycles. The van der Waals surface area contributed by atoms with Crippen molar-refractivity contribution in [2.45, 2.75) is 97.3 Å². The summed E-state index contributed by atoms with van der Waals surface area (Å²) in [4.78, 5) is 10.4. The van der Waals surface area contributed by atoms with Crippen LogP contribution in [0.1, 0.15) is 97.3 Å². The second-order valence-corrected chi connectivity index (χ2v) is 6.36. The van der Waals surface area contributed by atoms with Crippen molar-refractivity contribution >= 4 is 5.97 Å². The molecule has 21 heavy (non-hydrogen) atoms. The zero-order valence-electron chi connectivity index (χ0n) is 14.3. The number of carbonyl (C=O) groups is 1. The summed E-state index contributed by atoms with van der Waals surface area (Å²) in [5, 5.41) is 8.54. The maximum atomic E-state index is 10.4. The van der Waals surface area contributed by atoms with Gasteiger partial charge in [-0.15, -0.1) is 0 Å². The van der Waals surface area contributed by atoms with Gasteiger partial charge in [0.2, 0.25) is 0 Å². The zero-order chi connectivity index (χ0) is 15.8. The number of hydrogen-bond acceptors (Lipinski definition) is 1. The Morgan fingerprint density at radius 2 is 1.62 bits per heavy atom. The highest BCUT2D eigenvalue weighted by Crippen LogP contribution is 2.15. The maximum Gasteiger partial charge on any atom is 0.303 e. The van der Waals surface area contributed by atoms with Gasteiger partial charge < -0.3 is 5.11 Å². The molecule has 0 aliphatic carbocycles. The lowest BCUT2D eigenvalue weighted by Crippen LogP contribution is -1.94. The molecule has 0 aromatic carbocycles. The first kappa shape index (κ1) is 20.2. The van der Waals surface area contributed by atoms with Crippen molar-refractivity contribution in [2.24, 2.45) is 5.92 Å². The standard InChI is InChI=1S/C19H36O2/c1-3-4-5-6-9-12-15-18(2)16-13-10-7-8-11-14-17-19(20)21/h9,12,18H,3-8,10-11,13-17H2,1-2H3,(H,20,21)/b12-9+. The van der Waals surface area contributed by atoms with Crippen LogP contribution in [0.3, 0.4) is 0 Å². The lowest BCUT2D eigenvalue weighted by atomic mass is 9.98. The molecule has 124 valence electrons. The number of rotatable bonds is 15. The molecule has 2 heteroatoms. The first-order chi connectivity index (χ1) is 10.2. The second-order valence-electron chi connectivity index (χ2n) is 6.36. The molecule has 1 N–H and O–H groups in total. The van der Waals surface area contributed by atoms with E-state index in [-0.39, 0.29) is 0 Å². The van der Waals surface area contributed by atoms with E-state index in [1.54, 1.807) is 0 Å². The molecule has 2 nitrogen and oxygen atoms in total. The number of carboxylic acid groups (broad SMARTS) is 1. The fraction of sp³-hybridized carbons (Fsp3) is 0.842. The lowest BCUT2D eigenvalue weighted by Gasteiger charge is -2.08. The van der Waals surface area contributed by atoms with Gasteiger partial charge in [0.05, 0.1) is 0 Å². The Bertz CT molecular complexity index is 258. The van der Waals surface area contributed by atoms with Crippen molar-refractivity contribution < 1.29 is 9.90 Å². The molecule has 0 saturated carbocycles. The van der Waals surface area contributed by atoms with Crippen LogP contribution in [0, 0.1) is 5.92 Å². The molecule has 0 aromatic rings. The van der Waals surface area contributed by atoms with Crippen LogP contribution >= 0.6 is 0 Å². The summed E-state index contributed by atoms with van der Waals surface area (Å²) in [5.74, 6) is 0.144. The smallest absolute Gasteiger partial charge is 0.303 e. The quantitative estimate of drug-likeness (QED) is 0.282. The number of unbranched alkanes of at least 4 members (excludes halogenated alkanes) is 8. The summed E-state index contributed by atoms with van der Waals surface area (Å²) in [6, 6.07) is 0. The third-order valence-corrected chi connectivity index (χ3v) is 4.02. The molecule has 0 amide bonds. The fourth-order valence-corrected chi connectivity index (χ4v) is 2.55. The Morgan fingerprint density at radius 1 is 0.952 bits per heavy atom. The van der Waals surface area contributed by atoms with Crippen LogP contribution < -0.4 is 0 Å². The van der Waals surface area contributed by atoms with E-state index in [0.29, 0.717) is 6.42 Å². The van der Waals surface area contributed by atoms with E-state index < -0.39 is 5.97 Å². The lowest BCUT2D eigenvalue weighted by molar-refractivity contribution is -0.137. The number of hydrogen-bond donors (Lipinski definition) is 1. The summed E-state index contributed by atoms with van der Waals surface area (Å²) >= 11 is 0. The molecule has 1 atom stereocenters. The normalized spacial score (nSPS) is 12.9. The molecule has 1 unspecified atom stereocenters. The highest BCUT2D eigenvalue weighted by Gasteiger charge is 2.00. The summed E-state index contributed by atoms with van der Waals surface area (Å²) in [5.41, 5.74) is 0. The Balaban J connectivity index is 3.26. The Kier molecular flexibility index (Phi) is 15.0. The van der Waals surface area contributed by atoms with Gasteiger partial charge in [0.25, 0.3) is 0 Å². The summed E-state index contributed by atoms with van der Waals surface area (Å²) in [6.45, 7) is 4.60. The predicted octanol–water partition coefficient (Wildman–Crippen LogP) is 6.35. The van der Waals surface area contributed by atoms with E-state index in [1.165, 1.54) is 64.2 Å². The first-order valence-corrected chi connectivity index (χ1v) is 9.03. The van der Waals surface area contributed by atoms with Crippen LogP contribution in [-0.2, 0) is 4.79 Å². The molecule has 0 fully saturated rings. The topological polar surface area (TPSA) is 37.3 Å².